The van der Waals surface area contributed by atoms with E-state index in [1.807, 2.05) is 17.7 Å². The number of esters is 1. The van der Waals surface area contributed by atoms with E-state index in [1.165, 1.54) is 7.11 Å². The number of aryl methyl sites for hydroxylation is 2. The number of carbonyl (C=O) groups is 1. The monoisotopic (exact) mass is 275 g/mol. The zero-order chi connectivity index (χ0) is 14.4. The molecule has 2 heterocycles. The number of nitrogens with zero attached hydrogens (tertiary/aromatic N) is 4. The van der Waals surface area contributed by atoms with Crippen molar-refractivity contribution in [3.05, 3.63) is 36.3 Å². The molecule has 106 valence electrons. The molecule has 7 heteroatoms. The average molecular weight is 275 g/mol. The third-order valence-electron chi connectivity index (χ3n) is 2.68. The lowest BCUT2D eigenvalue weighted by Crippen LogP contribution is -2.12. The minimum absolute atomic E-state index is 0.0737. The first-order chi connectivity index (χ1) is 9.69. The topological polar surface area (TPSA) is 81.9 Å². The highest BCUT2D eigenvalue weighted by Crippen LogP contribution is 2.07. The van der Waals surface area contributed by atoms with E-state index in [9.17, 15) is 4.79 Å². The fourth-order valence-electron chi connectivity index (χ4n) is 1.74. The van der Waals surface area contributed by atoms with Gasteiger partial charge in [0.15, 0.2) is 0 Å². The van der Waals surface area contributed by atoms with Gasteiger partial charge in [0.25, 0.3) is 0 Å². The van der Waals surface area contributed by atoms with Gasteiger partial charge in [-0.15, -0.1) is 0 Å². The average Bonchev–Trinajstić information content (AvgIpc) is 2.95. The molecule has 1 N–H and O–H groups in total. The molecule has 20 heavy (non-hydrogen) atoms. The summed E-state index contributed by atoms with van der Waals surface area (Å²) in [6, 6.07) is 1.80. The number of anilines is 1. The van der Waals surface area contributed by atoms with E-state index in [0.717, 1.165) is 25.2 Å². The Morgan fingerprint density at radius 1 is 1.45 bits per heavy atom. The quantitative estimate of drug-likeness (QED) is 0.631. The van der Waals surface area contributed by atoms with Crippen molar-refractivity contribution >= 4 is 11.8 Å². The van der Waals surface area contributed by atoms with Gasteiger partial charge in [-0.05, 0) is 13.3 Å². The van der Waals surface area contributed by atoms with Crippen molar-refractivity contribution < 1.29 is 9.53 Å². The summed E-state index contributed by atoms with van der Waals surface area (Å²) in [5.74, 6) is 0.170. The molecular weight excluding hydrogens is 258 g/mol. The van der Waals surface area contributed by atoms with Crippen molar-refractivity contribution in [2.24, 2.45) is 0 Å². The molecule has 0 radical (unpaired) electrons. The molecule has 2 aromatic rings. The van der Waals surface area contributed by atoms with Gasteiger partial charge < -0.3 is 14.6 Å². The lowest BCUT2D eigenvalue weighted by atomic mass is 10.3. The molecule has 0 fully saturated rings. The van der Waals surface area contributed by atoms with Gasteiger partial charge in [0, 0.05) is 37.2 Å². The summed E-state index contributed by atoms with van der Waals surface area (Å²) in [6.45, 7) is 3.43. The zero-order valence-electron chi connectivity index (χ0n) is 11.5. The molecule has 0 spiro atoms. The van der Waals surface area contributed by atoms with Gasteiger partial charge >= 0.3 is 5.97 Å². The van der Waals surface area contributed by atoms with Crippen molar-refractivity contribution in [3.8, 4) is 0 Å². The number of hydrogen-bond acceptors (Lipinski definition) is 6. The molecule has 0 aromatic carbocycles. The fraction of sp³-hybridized carbons (Fsp3) is 0.385. The molecule has 0 amide bonds. The van der Waals surface area contributed by atoms with Crippen LogP contribution in [-0.2, 0) is 11.3 Å². The van der Waals surface area contributed by atoms with Crippen LogP contribution in [0.4, 0.5) is 5.82 Å². The van der Waals surface area contributed by atoms with Gasteiger partial charge in [-0.1, -0.05) is 0 Å². The lowest BCUT2D eigenvalue weighted by Gasteiger charge is -2.08. The second-order valence-electron chi connectivity index (χ2n) is 4.29. The molecule has 0 unspecified atom stereocenters. The molecule has 7 nitrogen and oxygen atoms in total. The summed E-state index contributed by atoms with van der Waals surface area (Å²) >= 11 is 0. The molecule has 2 aromatic heterocycles. The summed E-state index contributed by atoms with van der Waals surface area (Å²) in [6.07, 6.45) is 6.38. The lowest BCUT2D eigenvalue weighted by molar-refractivity contribution is 0.0586. The molecule has 0 bridgehead atoms. The van der Waals surface area contributed by atoms with Crippen LogP contribution in [0.5, 0.6) is 0 Å². The van der Waals surface area contributed by atoms with Crippen LogP contribution in [0.2, 0.25) is 0 Å². The van der Waals surface area contributed by atoms with Crippen LogP contribution in [-0.4, -0.2) is 39.1 Å². The maximum absolute atomic E-state index is 11.4. The van der Waals surface area contributed by atoms with Crippen molar-refractivity contribution in [2.75, 3.05) is 19.0 Å². The van der Waals surface area contributed by atoms with E-state index in [0.29, 0.717) is 5.82 Å². The molecule has 0 saturated carbocycles. The number of nitrogens with one attached hydrogen (secondary N) is 1. The number of carbonyl (C=O) groups excluding carboxylic acids is 1. The van der Waals surface area contributed by atoms with Gasteiger partial charge in [0.2, 0.25) is 5.82 Å². The van der Waals surface area contributed by atoms with Crippen molar-refractivity contribution in [1.29, 1.82) is 0 Å². The normalized spacial score (nSPS) is 10.3. The maximum atomic E-state index is 11.4. The SMILES string of the molecule is COC(=O)c1nc(C)cc(NCCCn2ccnc2)n1. The van der Waals surface area contributed by atoms with E-state index in [-0.39, 0.29) is 5.82 Å². The second kappa shape index (κ2) is 6.65. The number of rotatable bonds is 6. The van der Waals surface area contributed by atoms with Crippen LogP contribution in [0.25, 0.3) is 0 Å². The minimum Gasteiger partial charge on any atom is -0.463 e. The predicted octanol–water partition coefficient (Wildman–Crippen LogP) is 1.27. The van der Waals surface area contributed by atoms with Crippen LogP contribution in [0.3, 0.4) is 0 Å². The van der Waals surface area contributed by atoms with E-state index in [1.54, 1.807) is 18.6 Å². The van der Waals surface area contributed by atoms with E-state index in [4.69, 9.17) is 0 Å². The Bertz CT molecular complexity index is 568. The third kappa shape index (κ3) is 3.78. The Morgan fingerprint density at radius 2 is 2.30 bits per heavy atom. The van der Waals surface area contributed by atoms with Gasteiger partial charge in [0.1, 0.15) is 5.82 Å². The molecule has 0 saturated heterocycles. The highest BCUT2D eigenvalue weighted by molar-refractivity contribution is 5.85. The Balaban J connectivity index is 1.89. The Labute approximate surface area is 117 Å². The summed E-state index contributed by atoms with van der Waals surface area (Å²) in [4.78, 5) is 23.6. The molecule has 0 aliphatic heterocycles. The van der Waals surface area contributed by atoms with Crippen molar-refractivity contribution in [1.82, 2.24) is 19.5 Å². The summed E-state index contributed by atoms with van der Waals surface area (Å²) < 4.78 is 6.63. The Kier molecular flexibility index (Phi) is 4.65. The van der Waals surface area contributed by atoms with Gasteiger partial charge in [-0.2, -0.15) is 0 Å². The van der Waals surface area contributed by atoms with Crippen LogP contribution >= 0.6 is 0 Å². The molecule has 0 aliphatic carbocycles. The van der Waals surface area contributed by atoms with E-state index in [2.05, 4.69) is 25.0 Å². The molecule has 0 atom stereocenters. The largest absolute Gasteiger partial charge is 0.463 e. The third-order valence-corrected chi connectivity index (χ3v) is 2.68. The standard InChI is InChI=1S/C13H17N5O2/c1-10-8-11(17-12(16-10)13(19)20-2)15-4-3-6-18-7-5-14-9-18/h5,7-9H,3-4,6H2,1-2H3,(H,15,16,17). The van der Waals surface area contributed by atoms with Crippen molar-refractivity contribution in [2.45, 2.75) is 19.9 Å². The number of imidazole rings is 1. The minimum atomic E-state index is -0.532. The number of methoxy groups -OCH3 is 1. The molecular formula is C13H17N5O2. The Morgan fingerprint density at radius 3 is 3.00 bits per heavy atom. The van der Waals surface area contributed by atoms with Crippen LogP contribution in [0.1, 0.15) is 22.7 Å². The van der Waals surface area contributed by atoms with Crippen LogP contribution < -0.4 is 5.32 Å². The smallest absolute Gasteiger partial charge is 0.376 e. The Hall–Kier alpha value is -2.44. The maximum Gasteiger partial charge on any atom is 0.376 e. The van der Waals surface area contributed by atoms with Gasteiger partial charge in [-0.3, -0.25) is 0 Å². The first-order valence-corrected chi connectivity index (χ1v) is 6.32. The summed E-state index contributed by atoms with van der Waals surface area (Å²) in [5, 5.41) is 3.17. The highest BCUT2D eigenvalue weighted by Gasteiger charge is 2.11. The first-order valence-electron chi connectivity index (χ1n) is 6.32. The number of hydrogen-bond donors (Lipinski definition) is 1. The molecule has 2 rings (SSSR count). The highest BCUT2D eigenvalue weighted by atomic mass is 16.5. The molecule has 0 aliphatic rings. The van der Waals surface area contributed by atoms with E-state index < -0.39 is 5.97 Å². The summed E-state index contributed by atoms with van der Waals surface area (Å²) in [5.41, 5.74) is 0.720. The van der Waals surface area contributed by atoms with Gasteiger partial charge in [0.05, 0.1) is 13.4 Å². The number of aromatic nitrogens is 4. The number of ether oxygens (including phenoxy) is 1. The summed E-state index contributed by atoms with van der Waals surface area (Å²) in [7, 11) is 1.31. The van der Waals surface area contributed by atoms with Crippen LogP contribution in [0, 0.1) is 6.92 Å². The predicted molar refractivity (Wildman–Crippen MR) is 73.4 cm³/mol. The van der Waals surface area contributed by atoms with E-state index >= 15 is 0 Å². The zero-order valence-corrected chi connectivity index (χ0v) is 11.5. The first kappa shape index (κ1) is 14.0. The van der Waals surface area contributed by atoms with Crippen molar-refractivity contribution in [3.63, 3.8) is 0 Å². The van der Waals surface area contributed by atoms with Crippen LogP contribution in [0.15, 0.2) is 24.8 Å². The van der Waals surface area contributed by atoms with Gasteiger partial charge in [-0.25, -0.2) is 19.7 Å². The fourth-order valence-corrected chi connectivity index (χ4v) is 1.74. The second-order valence-corrected chi connectivity index (χ2v) is 4.29.